The van der Waals surface area contributed by atoms with Gasteiger partial charge >= 0.3 is 0 Å². The van der Waals surface area contributed by atoms with Crippen LogP contribution in [0.3, 0.4) is 0 Å². The first-order chi connectivity index (χ1) is 21.5. The maximum atomic E-state index is 12.5. The number of aliphatic hydroxyl groups is 1. The Hall–Kier alpha value is -3.98. The maximum absolute atomic E-state index is 12.5. The predicted octanol–water partition coefficient (Wildman–Crippen LogP) is 7.52. The lowest BCUT2D eigenvalue weighted by molar-refractivity contribution is -0.252. The summed E-state index contributed by atoms with van der Waals surface area (Å²) >= 11 is 12.4. The minimum atomic E-state index is -0.609. The van der Waals surface area contributed by atoms with Crippen LogP contribution in [-0.2, 0) is 29.2 Å². The molecule has 0 unspecified atom stereocenters. The van der Waals surface area contributed by atoms with Gasteiger partial charge in [0.15, 0.2) is 11.4 Å². The van der Waals surface area contributed by atoms with Crippen molar-refractivity contribution in [3.05, 3.63) is 148 Å². The zero-order valence-electron chi connectivity index (χ0n) is 23.8. The highest BCUT2D eigenvalue weighted by molar-refractivity contribution is 6.40. The molecule has 44 heavy (non-hydrogen) atoms. The monoisotopic (exact) mass is 627 g/mol. The Bertz CT molecular complexity index is 1710. The SMILES string of the molecule is O=C(NCc1cccc(-c2ccc([C@H]3O[C@@H](Cn4cnc(Cl)c4Cl)C[C@@H](c4ccc(CO)cc4)O3)cc2)c1)c1ccccc1. The van der Waals surface area contributed by atoms with E-state index in [1.807, 2.05) is 84.9 Å². The molecule has 1 aliphatic heterocycles. The van der Waals surface area contributed by atoms with Crippen LogP contribution in [0, 0.1) is 0 Å². The molecule has 1 fully saturated rings. The van der Waals surface area contributed by atoms with Crippen LogP contribution in [0.4, 0.5) is 0 Å². The number of nitrogens with zero attached hydrogens (tertiary/aromatic N) is 2. The Morgan fingerprint density at radius 3 is 2.32 bits per heavy atom. The van der Waals surface area contributed by atoms with Crippen molar-refractivity contribution in [1.82, 2.24) is 14.9 Å². The van der Waals surface area contributed by atoms with Gasteiger partial charge in [0, 0.05) is 24.1 Å². The highest BCUT2D eigenvalue weighted by Crippen LogP contribution is 2.39. The highest BCUT2D eigenvalue weighted by Gasteiger charge is 2.33. The van der Waals surface area contributed by atoms with E-state index in [2.05, 4.69) is 16.4 Å². The van der Waals surface area contributed by atoms with Crippen molar-refractivity contribution < 1.29 is 19.4 Å². The predicted molar refractivity (Wildman–Crippen MR) is 170 cm³/mol. The molecule has 9 heteroatoms. The number of benzene rings is 4. The Balaban J connectivity index is 1.18. The molecule has 1 aromatic heterocycles. The number of nitrogens with one attached hydrogen (secondary N) is 1. The van der Waals surface area contributed by atoms with Crippen LogP contribution in [0.5, 0.6) is 0 Å². The summed E-state index contributed by atoms with van der Waals surface area (Å²) in [6, 6.07) is 33.2. The molecule has 4 aromatic carbocycles. The minimum absolute atomic E-state index is 0.0162. The minimum Gasteiger partial charge on any atom is -0.392 e. The van der Waals surface area contributed by atoms with E-state index in [-0.39, 0.29) is 29.9 Å². The average Bonchev–Trinajstić information content (AvgIpc) is 3.39. The standard InChI is InChI=1S/C35H31Cl2N3O4/c36-32-33(37)40(22-39-32)20-30-18-31(26-11-9-23(21-41)10-12-26)44-35(43-30)28-15-13-25(14-16-28)29-8-4-5-24(17-29)19-38-34(42)27-6-2-1-3-7-27/h1-17,22,30-31,35,41H,18-21H2,(H,38,42)/t30-,31+,35+/m1/s1. The molecule has 1 aliphatic rings. The number of aliphatic hydroxyl groups excluding tert-OH is 1. The van der Waals surface area contributed by atoms with E-state index in [4.69, 9.17) is 32.7 Å². The number of hydrogen-bond acceptors (Lipinski definition) is 5. The zero-order valence-corrected chi connectivity index (χ0v) is 25.3. The number of halogens is 2. The Labute approximate surface area is 266 Å². The first-order valence-corrected chi connectivity index (χ1v) is 15.1. The van der Waals surface area contributed by atoms with Crippen molar-refractivity contribution in [1.29, 1.82) is 0 Å². The first-order valence-electron chi connectivity index (χ1n) is 14.4. The molecular formula is C35H31Cl2N3O4. The van der Waals surface area contributed by atoms with Gasteiger partial charge in [-0.3, -0.25) is 4.79 Å². The second-order valence-electron chi connectivity index (χ2n) is 10.7. The number of carbonyl (C=O) groups excluding carboxylic acids is 1. The number of hydrogen-bond donors (Lipinski definition) is 2. The second-order valence-corrected chi connectivity index (χ2v) is 11.4. The lowest BCUT2D eigenvalue weighted by Crippen LogP contribution is -2.32. The van der Waals surface area contributed by atoms with Gasteiger partial charge in [-0.05, 0) is 46.0 Å². The Kier molecular flexibility index (Phi) is 9.40. The van der Waals surface area contributed by atoms with E-state index >= 15 is 0 Å². The number of carbonyl (C=O) groups is 1. The van der Waals surface area contributed by atoms with Gasteiger partial charge in [0.2, 0.25) is 0 Å². The van der Waals surface area contributed by atoms with Crippen molar-refractivity contribution in [2.24, 2.45) is 0 Å². The molecule has 0 spiro atoms. The lowest BCUT2D eigenvalue weighted by atomic mass is 9.99. The quantitative estimate of drug-likeness (QED) is 0.176. The van der Waals surface area contributed by atoms with Crippen molar-refractivity contribution >= 4 is 29.1 Å². The fourth-order valence-electron chi connectivity index (χ4n) is 5.29. The van der Waals surface area contributed by atoms with Gasteiger partial charge in [0.25, 0.3) is 5.91 Å². The van der Waals surface area contributed by atoms with Crippen LogP contribution in [0.2, 0.25) is 10.3 Å². The molecule has 224 valence electrons. The molecule has 3 atom stereocenters. The molecule has 0 saturated carbocycles. The smallest absolute Gasteiger partial charge is 0.251 e. The molecule has 7 nitrogen and oxygen atoms in total. The molecular weight excluding hydrogens is 597 g/mol. The lowest BCUT2D eigenvalue weighted by Gasteiger charge is -2.36. The number of amides is 1. The average molecular weight is 629 g/mol. The third-order valence-electron chi connectivity index (χ3n) is 7.68. The number of aromatic nitrogens is 2. The van der Waals surface area contributed by atoms with Gasteiger partial charge in [0.05, 0.1) is 31.7 Å². The number of rotatable bonds is 9. The summed E-state index contributed by atoms with van der Waals surface area (Å²) in [5.41, 5.74) is 6.45. The summed E-state index contributed by atoms with van der Waals surface area (Å²) in [6.07, 6.45) is 1.16. The Morgan fingerprint density at radius 2 is 1.61 bits per heavy atom. The van der Waals surface area contributed by atoms with Gasteiger partial charge in [0.1, 0.15) is 5.15 Å². The van der Waals surface area contributed by atoms with Gasteiger partial charge in [-0.15, -0.1) is 0 Å². The summed E-state index contributed by atoms with van der Waals surface area (Å²) in [7, 11) is 0. The van der Waals surface area contributed by atoms with E-state index in [0.29, 0.717) is 30.2 Å². The largest absolute Gasteiger partial charge is 0.392 e. The van der Waals surface area contributed by atoms with Crippen molar-refractivity contribution in [2.45, 2.75) is 44.6 Å². The molecule has 0 aliphatic carbocycles. The van der Waals surface area contributed by atoms with Crippen molar-refractivity contribution in [3.63, 3.8) is 0 Å². The zero-order chi connectivity index (χ0) is 30.5. The molecule has 0 bridgehead atoms. The summed E-state index contributed by atoms with van der Waals surface area (Å²) in [4.78, 5) is 16.6. The third kappa shape index (κ3) is 7.04. The molecule has 6 rings (SSSR count). The van der Waals surface area contributed by atoms with E-state index in [1.54, 1.807) is 23.0 Å². The fourth-order valence-corrected chi connectivity index (χ4v) is 5.60. The highest BCUT2D eigenvalue weighted by atomic mass is 35.5. The second kappa shape index (κ2) is 13.8. The van der Waals surface area contributed by atoms with E-state index in [0.717, 1.165) is 33.4 Å². The van der Waals surface area contributed by atoms with Crippen LogP contribution in [0.15, 0.2) is 109 Å². The van der Waals surface area contributed by atoms with Gasteiger partial charge < -0.3 is 24.5 Å². The molecule has 5 aromatic rings. The van der Waals surface area contributed by atoms with Crippen LogP contribution in [-0.4, -0.2) is 26.7 Å². The van der Waals surface area contributed by atoms with E-state index in [1.165, 1.54) is 0 Å². The van der Waals surface area contributed by atoms with Crippen LogP contribution >= 0.6 is 23.2 Å². The molecule has 1 saturated heterocycles. The molecule has 2 heterocycles. The molecule has 1 amide bonds. The third-order valence-corrected chi connectivity index (χ3v) is 8.45. The van der Waals surface area contributed by atoms with Gasteiger partial charge in [-0.25, -0.2) is 4.98 Å². The first kappa shape index (κ1) is 30.1. The van der Waals surface area contributed by atoms with Crippen LogP contribution in [0.25, 0.3) is 11.1 Å². The summed E-state index contributed by atoms with van der Waals surface area (Å²) in [5, 5.41) is 13.1. The van der Waals surface area contributed by atoms with Crippen molar-refractivity contribution in [3.8, 4) is 11.1 Å². The normalized spacial score (nSPS) is 18.2. The van der Waals surface area contributed by atoms with Gasteiger partial charge in [-0.2, -0.15) is 0 Å². The van der Waals surface area contributed by atoms with E-state index < -0.39 is 6.29 Å². The molecule has 2 N–H and O–H groups in total. The Morgan fingerprint density at radius 1 is 0.864 bits per heavy atom. The number of imidazole rings is 1. The fraction of sp³-hybridized carbons (Fsp3) is 0.200. The topological polar surface area (TPSA) is 85.6 Å². The summed E-state index contributed by atoms with van der Waals surface area (Å²) in [6.45, 7) is 0.880. The van der Waals surface area contributed by atoms with Crippen molar-refractivity contribution in [2.75, 3.05) is 0 Å². The maximum Gasteiger partial charge on any atom is 0.251 e. The van der Waals surface area contributed by atoms with Crippen LogP contribution in [0.1, 0.15) is 51.4 Å². The van der Waals surface area contributed by atoms with E-state index in [9.17, 15) is 9.90 Å². The summed E-state index contributed by atoms with van der Waals surface area (Å²) < 4.78 is 14.7. The van der Waals surface area contributed by atoms with Gasteiger partial charge in [-0.1, -0.05) is 108 Å². The molecule has 0 radical (unpaired) electrons. The number of ether oxygens (including phenoxy) is 2. The van der Waals surface area contributed by atoms with Crippen LogP contribution < -0.4 is 5.32 Å². The summed E-state index contributed by atoms with van der Waals surface area (Å²) in [5.74, 6) is -0.104.